The van der Waals surface area contributed by atoms with E-state index in [9.17, 15) is 0 Å². The Bertz CT molecular complexity index is 220. The van der Waals surface area contributed by atoms with Crippen LogP contribution < -0.4 is 5.84 Å². The highest BCUT2D eigenvalue weighted by molar-refractivity contribution is 5.09. The van der Waals surface area contributed by atoms with Crippen LogP contribution in [0.25, 0.3) is 0 Å². The van der Waals surface area contributed by atoms with E-state index in [-0.39, 0.29) is 0 Å². The maximum atomic E-state index is 5.62. The van der Waals surface area contributed by atoms with E-state index in [0.717, 1.165) is 17.8 Å². The molecule has 0 heterocycles. The fourth-order valence-electron chi connectivity index (χ4n) is 3.22. The lowest BCUT2D eigenvalue weighted by Gasteiger charge is -2.23. The van der Waals surface area contributed by atoms with Gasteiger partial charge in [-0.25, -0.2) is 5.84 Å². The summed E-state index contributed by atoms with van der Waals surface area (Å²) in [5.74, 6) is 8.46. The van der Waals surface area contributed by atoms with E-state index in [1.54, 1.807) is 5.01 Å². The van der Waals surface area contributed by atoms with Crippen molar-refractivity contribution in [3.8, 4) is 0 Å². The van der Waals surface area contributed by atoms with Gasteiger partial charge in [0.25, 0.3) is 0 Å². The van der Waals surface area contributed by atoms with Crippen molar-refractivity contribution in [3.05, 3.63) is 11.8 Å². The van der Waals surface area contributed by atoms with Crippen LogP contribution in [-0.2, 0) is 0 Å². The van der Waals surface area contributed by atoms with Crippen molar-refractivity contribution in [2.45, 2.75) is 32.6 Å². The summed E-state index contributed by atoms with van der Waals surface area (Å²) in [6.45, 7) is 2.23. The third kappa shape index (κ3) is 1.73. The fraction of sp³-hybridized carbons (Fsp3) is 0.818. The minimum absolute atomic E-state index is 0.838. The molecule has 0 aromatic rings. The largest absolute Gasteiger partial charge is 0.321 e. The number of rotatable bonds is 2. The van der Waals surface area contributed by atoms with Gasteiger partial charge in [0, 0.05) is 13.2 Å². The molecule has 2 aliphatic carbocycles. The third-order valence-corrected chi connectivity index (χ3v) is 3.73. The second-order valence-electron chi connectivity index (χ2n) is 4.82. The summed E-state index contributed by atoms with van der Waals surface area (Å²) in [7, 11) is 1.90. The van der Waals surface area contributed by atoms with E-state index in [2.05, 4.69) is 13.1 Å². The van der Waals surface area contributed by atoms with Crippen molar-refractivity contribution < 1.29 is 0 Å². The standard InChI is InChI=1S/C11H20N2/c1-8(7-13(2)12)11-6-9-3-4-10(11)5-9/h7,9-11H,3-6,12H2,1-2H3/b8-7+. The Labute approximate surface area is 80.8 Å². The van der Waals surface area contributed by atoms with Gasteiger partial charge in [-0.1, -0.05) is 12.0 Å². The van der Waals surface area contributed by atoms with Crippen LogP contribution in [0.2, 0.25) is 0 Å². The van der Waals surface area contributed by atoms with E-state index in [1.165, 1.54) is 31.3 Å². The lowest BCUT2D eigenvalue weighted by Crippen LogP contribution is -2.21. The number of nitrogens with zero attached hydrogens (tertiary/aromatic N) is 1. The molecule has 0 spiro atoms. The van der Waals surface area contributed by atoms with E-state index in [1.807, 2.05) is 7.05 Å². The van der Waals surface area contributed by atoms with Gasteiger partial charge in [0.1, 0.15) is 0 Å². The normalized spacial score (nSPS) is 38.4. The van der Waals surface area contributed by atoms with Crippen molar-refractivity contribution in [2.24, 2.45) is 23.6 Å². The Balaban J connectivity index is 2.02. The number of hydrogen-bond donors (Lipinski definition) is 1. The maximum absolute atomic E-state index is 5.62. The number of hydrogen-bond acceptors (Lipinski definition) is 2. The van der Waals surface area contributed by atoms with Crippen LogP contribution in [0.4, 0.5) is 0 Å². The van der Waals surface area contributed by atoms with Crippen molar-refractivity contribution >= 4 is 0 Å². The fourth-order valence-corrected chi connectivity index (χ4v) is 3.22. The van der Waals surface area contributed by atoms with Gasteiger partial charge in [0.15, 0.2) is 0 Å². The van der Waals surface area contributed by atoms with Gasteiger partial charge in [0.05, 0.1) is 0 Å². The summed E-state index contributed by atoms with van der Waals surface area (Å²) < 4.78 is 0. The first-order valence-corrected chi connectivity index (χ1v) is 5.32. The van der Waals surface area contributed by atoms with Gasteiger partial charge in [-0.2, -0.15) is 0 Å². The van der Waals surface area contributed by atoms with Crippen LogP contribution >= 0.6 is 0 Å². The lowest BCUT2D eigenvalue weighted by molar-refractivity contribution is 0.368. The average Bonchev–Trinajstić information content (AvgIpc) is 2.62. The molecule has 2 saturated carbocycles. The first kappa shape index (κ1) is 9.07. The molecule has 2 bridgehead atoms. The number of fused-ring (bicyclic) bond motifs is 2. The maximum Gasteiger partial charge on any atom is 0.0222 e. The zero-order valence-corrected chi connectivity index (χ0v) is 8.66. The molecule has 0 aliphatic heterocycles. The Kier molecular flexibility index (Phi) is 2.33. The minimum atomic E-state index is 0.838. The summed E-state index contributed by atoms with van der Waals surface area (Å²) in [5.41, 5.74) is 1.48. The number of allylic oxidation sites excluding steroid dienone is 1. The Hall–Kier alpha value is -0.500. The summed E-state index contributed by atoms with van der Waals surface area (Å²) in [4.78, 5) is 0. The predicted molar refractivity (Wildman–Crippen MR) is 54.6 cm³/mol. The van der Waals surface area contributed by atoms with E-state index < -0.39 is 0 Å². The summed E-state index contributed by atoms with van der Waals surface area (Å²) in [6.07, 6.45) is 7.91. The van der Waals surface area contributed by atoms with Crippen molar-refractivity contribution in [3.63, 3.8) is 0 Å². The van der Waals surface area contributed by atoms with Gasteiger partial charge >= 0.3 is 0 Å². The topological polar surface area (TPSA) is 29.3 Å². The monoisotopic (exact) mass is 180 g/mol. The molecule has 2 rings (SSSR count). The SMILES string of the molecule is C/C(=C\N(C)N)C1CC2CCC1C2. The van der Waals surface area contributed by atoms with Gasteiger partial charge in [-0.05, 0) is 43.9 Å². The van der Waals surface area contributed by atoms with Crippen molar-refractivity contribution in [1.82, 2.24) is 5.01 Å². The predicted octanol–water partition coefficient (Wildman–Crippen LogP) is 2.13. The van der Waals surface area contributed by atoms with Crippen molar-refractivity contribution in [2.75, 3.05) is 7.05 Å². The number of hydrazine groups is 1. The summed E-state index contributed by atoms with van der Waals surface area (Å²) >= 11 is 0. The summed E-state index contributed by atoms with van der Waals surface area (Å²) in [6, 6.07) is 0. The van der Waals surface area contributed by atoms with Crippen LogP contribution in [0, 0.1) is 17.8 Å². The molecule has 2 nitrogen and oxygen atoms in total. The lowest BCUT2D eigenvalue weighted by atomic mass is 9.84. The molecule has 0 aromatic heterocycles. The van der Waals surface area contributed by atoms with Gasteiger partial charge in [0.2, 0.25) is 0 Å². The molecule has 3 unspecified atom stereocenters. The van der Waals surface area contributed by atoms with E-state index >= 15 is 0 Å². The second-order valence-corrected chi connectivity index (χ2v) is 4.82. The Morgan fingerprint density at radius 3 is 2.62 bits per heavy atom. The Morgan fingerprint density at radius 1 is 1.38 bits per heavy atom. The molecule has 0 saturated heterocycles. The number of nitrogens with two attached hydrogens (primary N) is 1. The van der Waals surface area contributed by atoms with Crippen LogP contribution in [0.5, 0.6) is 0 Å². The molecule has 74 valence electrons. The molecular formula is C11H20N2. The molecule has 0 radical (unpaired) electrons. The molecule has 3 atom stereocenters. The minimum Gasteiger partial charge on any atom is -0.321 e. The van der Waals surface area contributed by atoms with E-state index in [0.29, 0.717) is 0 Å². The highest BCUT2D eigenvalue weighted by Crippen LogP contribution is 2.50. The average molecular weight is 180 g/mol. The van der Waals surface area contributed by atoms with E-state index in [4.69, 9.17) is 5.84 Å². The van der Waals surface area contributed by atoms with Gasteiger partial charge in [-0.3, -0.25) is 0 Å². The highest BCUT2D eigenvalue weighted by Gasteiger charge is 2.39. The van der Waals surface area contributed by atoms with Crippen LogP contribution in [0.1, 0.15) is 32.6 Å². The molecule has 2 fully saturated rings. The van der Waals surface area contributed by atoms with Gasteiger partial charge in [-0.15, -0.1) is 0 Å². The zero-order valence-electron chi connectivity index (χ0n) is 8.66. The first-order chi connectivity index (χ1) is 6.16. The summed E-state index contributed by atoms with van der Waals surface area (Å²) in [5, 5.41) is 1.68. The quantitative estimate of drug-likeness (QED) is 0.521. The molecule has 2 aliphatic rings. The molecule has 0 aromatic carbocycles. The second kappa shape index (κ2) is 3.33. The van der Waals surface area contributed by atoms with Crippen LogP contribution in [0.3, 0.4) is 0 Å². The first-order valence-electron chi connectivity index (χ1n) is 5.32. The molecule has 0 amide bonds. The zero-order chi connectivity index (χ0) is 9.42. The Morgan fingerprint density at radius 2 is 2.15 bits per heavy atom. The smallest absolute Gasteiger partial charge is 0.0222 e. The van der Waals surface area contributed by atoms with Crippen molar-refractivity contribution in [1.29, 1.82) is 0 Å². The van der Waals surface area contributed by atoms with Crippen LogP contribution in [0.15, 0.2) is 11.8 Å². The highest BCUT2D eigenvalue weighted by atomic mass is 15.4. The molecule has 13 heavy (non-hydrogen) atoms. The van der Waals surface area contributed by atoms with Crippen LogP contribution in [-0.4, -0.2) is 12.1 Å². The molecular weight excluding hydrogens is 160 g/mol. The molecule has 2 heteroatoms. The third-order valence-electron chi connectivity index (χ3n) is 3.73. The van der Waals surface area contributed by atoms with Gasteiger partial charge < -0.3 is 5.01 Å². The molecule has 2 N–H and O–H groups in total.